The number of nitrogens with zero attached hydrogens (tertiary/aromatic N) is 4. The minimum Gasteiger partial charge on any atom is -0.484 e. The van der Waals surface area contributed by atoms with Crippen molar-refractivity contribution in [3.63, 3.8) is 0 Å². The second-order valence-corrected chi connectivity index (χ2v) is 7.75. The number of fused-ring (bicyclic) bond motifs is 1. The van der Waals surface area contributed by atoms with Crippen LogP contribution in [0.25, 0.3) is 11.0 Å². The molecule has 0 aliphatic carbocycles. The van der Waals surface area contributed by atoms with Gasteiger partial charge in [-0.1, -0.05) is 18.2 Å². The van der Waals surface area contributed by atoms with Crippen LogP contribution < -0.4 is 15.4 Å². The van der Waals surface area contributed by atoms with Gasteiger partial charge in [-0.25, -0.2) is 14.6 Å². The molecule has 1 aromatic carbocycles. The fraction of sp³-hybridized carbons (Fsp3) is 0.238. The topological polar surface area (TPSA) is 94.0 Å². The van der Waals surface area contributed by atoms with Crippen LogP contribution >= 0.6 is 11.3 Å². The lowest BCUT2D eigenvalue weighted by Crippen LogP contribution is -2.31. The van der Waals surface area contributed by atoms with Crippen LogP contribution in [0.3, 0.4) is 0 Å². The molecule has 0 radical (unpaired) electrons. The summed E-state index contributed by atoms with van der Waals surface area (Å²) in [7, 11) is 0. The number of aryl methyl sites for hydroxylation is 1. The molecular formula is C21H22N6O2S. The van der Waals surface area contributed by atoms with E-state index < -0.39 is 0 Å². The molecule has 9 heteroatoms. The molecule has 0 unspecified atom stereocenters. The number of carbonyl (C=O) groups excluding carboxylic acids is 1. The minimum absolute atomic E-state index is 0.0255. The molecule has 8 nitrogen and oxygen atoms in total. The van der Waals surface area contributed by atoms with Crippen molar-refractivity contribution in [1.29, 1.82) is 0 Å². The molecule has 3 heterocycles. The Kier molecular flexibility index (Phi) is 6.19. The van der Waals surface area contributed by atoms with Gasteiger partial charge in [-0.3, -0.25) is 4.79 Å². The number of rotatable bonds is 9. The molecule has 0 spiro atoms. The third-order valence-corrected chi connectivity index (χ3v) is 5.33. The fourth-order valence-corrected chi connectivity index (χ4v) is 3.63. The van der Waals surface area contributed by atoms with Crippen LogP contribution in [0.4, 0.5) is 5.82 Å². The maximum Gasteiger partial charge on any atom is 0.258 e. The van der Waals surface area contributed by atoms with Crippen LogP contribution in [0.15, 0.2) is 54.3 Å². The maximum atomic E-state index is 12.0. The second-order valence-electron chi connectivity index (χ2n) is 6.72. The maximum absolute atomic E-state index is 12.0. The zero-order valence-electron chi connectivity index (χ0n) is 16.5. The molecule has 0 atom stereocenters. The van der Waals surface area contributed by atoms with Crippen molar-refractivity contribution >= 4 is 34.1 Å². The van der Waals surface area contributed by atoms with Gasteiger partial charge in [0.05, 0.1) is 24.7 Å². The molecule has 0 aliphatic heterocycles. The summed E-state index contributed by atoms with van der Waals surface area (Å²) in [5.74, 6) is 1.25. The van der Waals surface area contributed by atoms with Crippen molar-refractivity contribution < 1.29 is 9.53 Å². The summed E-state index contributed by atoms with van der Waals surface area (Å²) in [6.45, 7) is 3.58. The third kappa shape index (κ3) is 4.93. The average Bonchev–Trinajstić information content (AvgIpc) is 3.41. The van der Waals surface area contributed by atoms with Crippen molar-refractivity contribution in [2.24, 2.45) is 0 Å². The summed E-state index contributed by atoms with van der Waals surface area (Å²) >= 11 is 1.69. The molecule has 0 aliphatic rings. The first-order valence-corrected chi connectivity index (χ1v) is 10.5. The number of carbonyl (C=O) groups is 1. The number of hydrogen-bond acceptors (Lipinski definition) is 7. The van der Waals surface area contributed by atoms with E-state index in [4.69, 9.17) is 4.74 Å². The van der Waals surface area contributed by atoms with E-state index >= 15 is 0 Å². The minimum atomic E-state index is -0.180. The molecule has 3 aromatic heterocycles. The molecule has 0 bridgehead atoms. The number of anilines is 1. The Hall–Kier alpha value is -3.46. The SMILES string of the molecule is Cc1cccc(OCC(=O)NCCn2ncc3c(NCc4cccs4)ncnc32)c1. The van der Waals surface area contributed by atoms with Gasteiger partial charge < -0.3 is 15.4 Å². The van der Waals surface area contributed by atoms with Crippen molar-refractivity contribution in [2.75, 3.05) is 18.5 Å². The van der Waals surface area contributed by atoms with Gasteiger partial charge >= 0.3 is 0 Å². The summed E-state index contributed by atoms with van der Waals surface area (Å²) in [6, 6.07) is 11.7. The van der Waals surface area contributed by atoms with E-state index in [1.165, 1.54) is 11.2 Å². The Balaban J connectivity index is 1.29. The molecule has 0 saturated heterocycles. The van der Waals surface area contributed by atoms with Gasteiger partial charge in [0.15, 0.2) is 12.3 Å². The first-order valence-electron chi connectivity index (χ1n) is 9.58. The van der Waals surface area contributed by atoms with Crippen LogP contribution in [0.5, 0.6) is 5.75 Å². The van der Waals surface area contributed by atoms with Crippen LogP contribution in [-0.2, 0) is 17.9 Å². The first-order chi connectivity index (χ1) is 14.7. The number of nitrogens with one attached hydrogen (secondary N) is 2. The standard InChI is InChI=1S/C21H22N6O2S/c1-15-4-2-5-16(10-15)29-13-19(28)22-7-8-27-21-18(12-26-27)20(24-14-25-21)23-11-17-6-3-9-30-17/h2-6,9-10,12,14H,7-8,11,13H2,1H3,(H,22,28)(H,23,24,25). The number of hydrogen-bond donors (Lipinski definition) is 2. The summed E-state index contributed by atoms with van der Waals surface area (Å²) < 4.78 is 7.28. The smallest absolute Gasteiger partial charge is 0.258 e. The number of amides is 1. The van der Waals surface area contributed by atoms with Crippen LogP contribution in [0.1, 0.15) is 10.4 Å². The van der Waals surface area contributed by atoms with Gasteiger partial charge in [0, 0.05) is 11.4 Å². The zero-order valence-corrected chi connectivity index (χ0v) is 17.4. The summed E-state index contributed by atoms with van der Waals surface area (Å²) in [5, 5.41) is 13.5. The van der Waals surface area contributed by atoms with Gasteiger partial charge in [0.2, 0.25) is 0 Å². The van der Waals surface area contributed by atoms with E-state index in [1.807, 2.05) is 42.6 Å². The van der Waals surface area contributed by atoms with Gasteiger partial charge in [-0.05, 0) is 36.1 Å². The van der Waals surface area contributed by atoms with Crippen molar-refractivity contribution in [3.05, 3.63) is 64.7 Å². The Morgan fingerprint density at radius 2 is 2.17 bits per heavy atom. The van der Waals surface area contributed by atoms with Crippen molar-refractivity contribution in [1.82, 2.24) is 25.1 Å². The van der Waals surface area contributed by atoms with Gasteiger partial charge in [-0.15, -0.1) is 11.3 Å². The van der Waals surface area contributed by atoms with E-state index in [-0.39, 0.29) is 12.5 Å². The van der Waals surface area contributed by atoms with Gasteiger partial charge in [-0.2, -0.15) is 5.10 Å². The number of benzene rings is 1. The summed E-state index contributed by atoms with van der Waals surface area (Å²) in [6.07, 6.45) is 3.26. The largest absolute Gasteiger partial charge is 0.484 e. The quantitative estimate of drug-likeness (QED) is 0.431. The molecule has 2 N–H and O–H groups in total. The Labute approximate surface area is 177 Å². The third-order valence-electron chi connectivity index (χ3n) is 4.45. The molecule has 154 valence electrons. The molecule has 1 amide bonds. The molecule has 4 rings (SSSR count). The normalized spacial score (nSPS) is 10.8. The lowest BCUT2D eigenvalue weighted by Gasteiger charge is -2.09. The van der Waals surface area contributed by atoms with Gasteiger partial charge in [0.25, 0.3) is 5.91 Å². The predicted octanol–water partition coefficient (Wildman–Crippen LogP) is 3.00. The Morgan fingerprint density at radius 1 is 1.23 bits per heavy atom. The van der Waals surface area contributed by atoms with E-state index in [0.29, 0.717) is 25.4 Å². The van der Waals surface area contributed by atoms with Crippen LogP contribution in [0, 0.1) is 6.92 Å². The Bertz CT molecular complexity index is 1130. The number of aromatic nitrogens is 4. The van der Waals surface area contributed by atoms with Crippen LogP contribution in [0.2, 0.25) is 0 Å². The second kappa shape index (κ2) is 9.36. The summed E-state index contributed by atoms with van der Waals surface area (Å²) in [5.41, 5.74) is 1.81. The lowest BCUT2D eigenvalue weighted by molar-refractivity contribution is -0.123. The predicted molar refractivity (Wildman–Crippen MR) is 117 cm³/mol. The summed E-state index contributed by atoms with van der Waals surface area (Å²) in [4.78, 5) is 21.9. The molecule has 0 saturated carbocycles. The van der Waals surface area contributed by atoms with E-state index in [2.05, 4.69) is 31.8 Å². The fourth-order valence-electron chi connectivity index (χ4n) is 2.99. The highest BCUT2D eigenvalue weighted by molar-refractivity contribution is 7.09. The number of ether oxygens (including phenoxy) is 1. The van der Waals surface area contributed by atoms with Crippen LogP contribution in [-0.4, -0.2) is 38.8 Å². The van der Waals surface area contributed by atoms with E-state index in [1.54, 1.807) is 22.2 Å². The molecule has 30 heavy (non-hydrogen) atoms. The molecular weight excluding hydrogens is 400 g/mol. The van der Waals surface area contributed by atoms with E-state index in [9.17, 15) is 4.79 Å². The number of thiophene rings is 1. The zero-order chi connectivity index (χ0) is 20.8. The molecule has 4 aromatic rings. The highest BCUT2D eigenvalue weighted by Gasteiger charge is 2.10. The Morgan fingerprint density at radius 3 is 3.00 bits per heavy atom. The van der Waals surface area contributed by atoms with E-state index in [0.717, 1.165) is 22.4 Å². The van der Waals surface area contributed by atoms with Crippen molar-refractivity contribution in [2.45, 2.75) is 20.0 Å². The first kappa shape index (κ1) is 19.8. The lowest BCUT2D eigenvalue weighted by atomic mass is 10.2. The van der Waals surface area contributed by atoms with Crippen molar-refractivity contribution in [3.8, 4) is 5.75 Å². The molecule has 0 fully saturated rings. The monoisotopic (exact) mass is 422 g/mol. The highest BCUT2D eigenvalue weighted by Crippen LogP contribution is 2.20. The van der Waals surface area contributed by atoms with Gasteiger partial charge in [0.1, 0.15) is 17.9 Å². The average molecular weight is 423 g/mol. The highest BCUT2D eigenvalue weighted by atomic mass is 32.1.